The van der Waals surface area contributed by atoms with Gasteiger partial charge in [0.25, 0.3) is 0 Å². The smallest absolute Gasteiger partial charge is 0.378 e. The monoisotopic (exact) mass is 379 g/mol. The Morgan fingerprint density at radius 2 is 1.70 bits per heavy atom. The molecule has 2 N–H and O–H groups in total. The first-order valence-corrected chi connectivity index (χ1v) is 8.51. The number of anilines is 3. The van der Waals surface area contributed by atoms with Crippen LogP contribution in [0, 0.1) is 6.92 Å². The molecular weight excluding hydrogens is 359 g/mol. The Morgan fingerprint density at radius 3 is 2.33 bits per heavy atom. The number of ether oxygens (including phenoxy) is 1. The predicted octanol–water partition coefficient (Wildman–Crippen LogP) is 4.49. The van der Waals surface area contributed by atoms with Gasteiger partial charge in [-0.2, -0.15) is 13.2 Å². The lowest BCUT2D eigenvalue weighted by molar-refractivity contribution is -0.137. The second-order valence-corrected chi connectivity index (χ2v) is 6.27. The number of halogens is 3. The van der Waals surface area contributed by atoms with Crippen molar-refractivity contribution in [1.82, 2.24) is 0 Å². The number of hydrogen-bond acceptors (Lipinski definition) is 3. The maximum atomic E-state index is 13.1. The molecule has 1 aliphatic heterocycles. The molecule has 0 saturated carbocycles. The molecular formula is C19H20F3N3O2. The first-order valence-electron chi connectivity index (χ1n) is 8.51. The number of hydrogen-bond donors (Lipinski definition) is 2. The maximum absolute atomic E-state index is 13.1. The summed E-state index contributed by atoms with van der Waals surface area (Å²) in [6.45, 7) is 3.96. The van der Waals surface area contributed by atoms with Crippen LogP contribution in [0.15, 0.2) is 42.5 Å². The van der Waals surface area contributed by atoms with E-state index in [1.807, 2.05) is 24.0 Å². The van der Waals surface area contributed by atoms with Crippen LogP contribution in [0.2, 0.25) is 0 Å². The minimum atomic E-state index is -4.49. The summed E-state index contributed by atoms with van der Waals surface area (Å²) in [5, 5.41) is 5.18. The third-order valence-electron chi connectivity index (χ3n) is 4.23. The van der Waals surface area contributed by atoms with E-state index in [2.05, 4.69) is 10.6 Å². The van der Waals surface area contributed by atoms with Crippen molar-refractivity contribution in [1.29, 1.82) is 0 Å². The predicted molar refractivity (Wildman–Crippen MR) is 98.3 cm³/mol. The Kier molecular flexibility index (Phi) is 5.55. The van der Waals surface area contributed by atoms with Gasteiger partial charge in [0.05, 0.1) is 30.2 Å². The van der Waals surface area contributed by atoms with E-state index in [1.54, 1.807) is 12.1 Å². The lowest BCUT2D eigenvalue weighted by Gasteiger charge is -2.31. The number of alkyl halides is 3. The molecule has 0 radical (unpaired) electrons. The van der Waals surface area contributed by atoms with Crippen LogP contribution in [0.5, 0.6) is 0 Å². The summed E-state index contributed by atoms with van der Waals surface area (Å²) in [4.78, 5) is 14.2. The zero-order chi connectivity index (χ0) is 19.4. The molecule has 0 aliphatic carbocycles. The number of rotatable bonds is 3. The van der Waals surface area contributed by atoms with E-state index in [0.717, 1.165) is 17.7 Å². The Labute approximate surface area is 155 Å². The van der Waals surface area contributed by atoms with Crippen LogP contribution in [-0.4, -0.2) is 32.3 Å². The molecule has 3 rings (SSSR count). The quantitative estimate of drug-likeness (QED) is 0.826. The molecule has 0 aromatic heterocycles. The van der Waals surface area contributed by atoms with Crippen molar-refractivity contribution in [3.8, 4) is 0 Å². The van der Waals surface area contributed by atoms with Gasteiger partial charge >= 0.3 is 12.2 Å². The number of amides is 2. The number of nitrogens with zero attached hydrogens (tertiary/aromatic N) is 1. The molecule has 144 valence electrons. The topological polar surface area (TPSA) is 53.6 Å². The maximum Gasteiger partial charge on any atom is 0.416 e. The van der Waals surface area contributed by atoms with Crippen LogP contribution in [0.3, 0.4) is 0 Å². The number of carbonyl (C=O) groups excluding carboxylic acids is 1. The molecule has 0 spiro atoms. The Balaban J connectivity index is 1.83. The van der Waals surface area contributed by atoms with E-state index >= 15 is 0 Å². The van der Waals surface area contributed by atoms with Gasteiger partial charge in [-0.05, 0) is 37.3 Å². The molecule has 0 unspecified atom stereocenters. The van der Waals surface area contributed by atoms with Gasteiger partial charge in [-0.25, -0.2) is 4.79 Å². The highest BCUT2D eigenvalue weighted by Gasteiger charge is 2.32. The molecule has 0 bridgehead atoms. The van der Waals surface area contributed by atoms with E-state index in [9.17, 15) is 18.0 Å². The van der Waals surface area contributed by atoms with E-state index in [-0.39, 0.29) is 5.69 Å². The van der Waals surface area contributed by atoms with Crippen molar-refractivity contribution in [2.75, 3.05) is 41.8 Å². The fraction of sp³-hybridized carbons (Fsp3) is 0.316. The van der Waals surface area contributed by atoms with Gasteiger partial charge in [0, 0.05) is 18.8 Å². The van der Waals surface area contributed by atoms with Crippen molar-refractivity contribution in [2.24, 2.45) is 0 Å². The zero-order valence-corrected chi connectivity index (χ0v) is 14.8. The summed E-state index contributed by atoms with van der Waals surface area (Å²) in [6, 6.07) is 9.88. The number of morpholine rings is 1. The molecule has 0 atom stereocenters. The molecule has 1 fully saturated rings. The zero-order valence-electron chi connectivity index (χ0n) is 14.8. The van der Waals surface area contributed by atoms with Gasteiger partial charge < -0.3 is 20.3 Å². The summed E-state index contributed by atoms with van der Waals surface area (Å²) in [6.07, 6.45) is -4.49. The highest BCUT2D eigenvalue weighted by atomic mass is 19.4. The molecule has 5 nitrogen and oxygen atoms in total. The highest BCUT2D eigenvalue weighted by molar-refractivity contribution is 6.02. The Hall–Kier alpha value is -2.74. The molecule has 8 heteroatoms. The number of aryl methyl sites for hydroxylation is 1. The molecule has 2 aromatic carbocycles. The summed E-state index contributed by atoms with van der Waals surface area (Å²) in [5.41, 5.74) is 1.42. The van der Waals surface area contributed by atoms with Crippen LogP contribution in [0.1, 0.15) is 11.1 Å². The largest absolute Gasteiger partial charge is 0.416 e. The van der Waals surface area contributed by atoms with Gasteiger partial charge in [0.15, 0.2) is 0 Å². The number of carbonyl (C=O) groups is 1. The average molecular weight is 379 g/mol. The Morgan fingerprint density at radius 1 is 1.04 bits per heavy atom. The number of urea groups is 1. The molecule has 1 heterocycles. The normalized spacial score (nSPS) is 14.7. The standard InChI is InChI=1S/C19H20F3N3O2/c1-13-2-5-15(6-3-13)23-18(26)24-16-12-14(19(20,21)22)4-7-17(16)25-8-10-27-11-9-25/h2-7,12H,8-11H2,1H3,(H2,23,24,26). The number of nitrogens with one attached hydrogen (secondary N) is 2. The van der Waals surface area contributed by atoms with Crippen molar-refractivity contribution >= 4 is 23.1 Å². The van der Waals surface area contributed by atoms with Gasteiger partial charge in [0.2, 0.25) is 0 Å². The van der Waals surface area contributed by atoms with Crippen LogP contribution < -0.4 is 15.5 Å². The van der Waals surface area contributed by atoms with Crippen LogP contribution >= 0.6 is 0 Å². The summed E-state index contributed by atoms with van der Waals surface area (Å²) in [5.74, 6) is 0. The lowest BCUT2D eigenvalue weighted by Crippen LogP contribution is -2.37. The van der Waals surface area contributed by atoms with Crippen molar-refractivity contribution < 1.29 is 22.7 Å². The van der Waals surface area contributed by atoms with Crippen LogP contribution in [0.25, 0.3) is 0 Å². The first kappa shape index (κ1) is 19.0. The Bertz CT molecular complexity index is 801. The lowest BCUT2D eigenvalue weighted by atomic mass is 10.1. The van der Waals surface area contributed by atoms with Crippen molar-refractivity contribution in [3.63, 3.8) is 0 Å². The van der Waals surface area contributed by atoms with E-state index in [1.165, 1.54) is 6.07 Å². The second-order valence-electron chi connectivity index (χ2n) is 6.27. The van der Waals surface area contributed by atoms with Gasteiger partial charge in [-0.15, -0.1) is 0 Å². The third kappa shape index (κ3) is 4.91. The van der Waals surface area contributed by atoms with Gasteiger partial charge in [-0.3, -0.25) is 0 Å². The fourth-order valence-corrected chi connectivity index (χ4v) is 2.81. The van der Waals surface area contributed by atoms with E-state index in [4.69, 9.17) is 4.74 Å². The van der Waals surface area contributed by atoms with Gasteiger partial charge in [0.1, 0.15) is 0 Å². The summed E-state index contributed by atoms with van der Waals surface area (Å²) >= 11 is 0. The average Bonchev–Trinajstić information content (AvgIpc) is 2.63. The molecule has 1 aliphatic rings. The highest BCUT2D eigenvalue weighted by Crippen LogP contribution is 2.35. The summed E-state index contributed by atoms with van der Waals surface area (Å²) < 4.78 is 44.6. The molecule has 27 heavy (non-hydrogen) atoms. The molecule has 1 saturated heterocycles. The summed E-state index contributed by atoms with van der Waals surface area (Å²) in [7, 11) is 0. The van der Waals surface area contributed by atoms with Crippen LogP contribution in [0.4, 0.5) is 35.0 Å². The van der Waals surface area contributed by atoms with E-state index in [0.29, 0.717) is 37.7 Å². The molecule has 2 aromatic rings. The van der Waals surface area contributed by atoms with Crippen LogP contribution in [-0.2, 0) is 10.9 Å². The second kappa shape index (κ2) is 7.87. The third-order valence-corrected chi connectivity index (χ3v) is 4.23. The van der Waals surface area contributed by atoms with E-state index < -0.39 is 17.8 Å². The minimum absolute atomic E-state index is 0.108. The SMILES string of the molecule is Cc1ccc(NC(=O)Nc2cc(C(F)(F)F)ccc2N2CCOCC2)cc1. The van der Waals surface area contributed by atoms with Crippen molar-refractivity contribution in [2.45, 2.75) is 13.1 Å². The fourth-order valence-electron chi connectivity index (χ4n) is 2.81. The van der Waals surface area contributed by atoms with Gasteiger partial charge in [-0.1, -0.05) is 17.7 Å². The minimum Gasteiger partial charge on any atom is -0.378 e. The number of benzene rings is 2. The molecule has 2 amide bonds. The first-order chi connectivity index (χ1) is 12.8. The van der Waals surface area contributed by atoms with Crippen molar-refractivity contribution in [3.05, 3.63) is 53.6 Å².